The second-order valence-electron chi connectivity index (χ2n) is 5.61. The first-order valence-electron chi connectivity index (χ1n) is 7.51. The number of hydrogen-bond donors (Lipinski definition) is 0. The molecule has 1 aliphatic rings. The van der Waals surface area contributed by atoms with Crippen LogP contribution in [0.3, 0.4) is 0 Å². The molecule has 2 amide bonds. The Kier molecular flexibility index (Phi) is 4.17. The molecule has 1 heterocycles. The lowest BCUT2D eigenvalue weighted by Crippen LogP contribution is -2.53. The van der Waals surface area contributed by atoms with Crippen molar-refractivity contribution >= 4 is 22.6 Å². The monoisotopic (exact) mass is 336 g/mol. The number of alkyl halides is 3. The van der Waals surface area contributed by atoms with Crippen LogP contribution in [0.2, 0.25) is 0 Å². The van der Waals surface area contributed by atoms with Crippen LogP contribution >= 0.6 is 0 Å². The van der Waals surface area contributed by atoms with Crippen molar-refractivity contribution in [2.45, 2.75) is 6.18 Å². The van der Waals surface area contributed by atoms with Crippen LogP contribution in [-0.4, -0.2) is 54.0 Å². The van der Waals surface area contributed by atoms with E-state index in [1.54, 1.807) is 12.1 Å². The van der Waals surface area contributed by atoms with Crippen molar-refractivity contribution in [1.82, 2.24) is 9.80 Å². The fourth-order valence-electron chi connectivity index (χ4n) is 2.87. The van der Waals surface area contributed by atoms with E-state index in [0.717, 1.165) is 15.7 Å². The molecule has 1 saturated heterocycles. The van der Waals surface area contributed by atoms with Gasteiger partial charge >= 0.3 is 12.1 Å². The topological polar surface area (TPSA) is 40.6 Å². The number of amides is 2. The van der Waals surface area contributed by atoms with E-state index >= 15 is 0 Å². The number of nitrogens with zero attached hydrogens (tertiary/aromatic N) is 2. The largest absolute Gasteiger partial charge is 0.471 e. The van der Waals surface area contributed by atoms with Gasteiger partial charge in [-0.15, -0.1) is 0 Å². The van der Waals surface area contributed by atoms with Crippen LogP contribution in [0.4, 0.5) is 13.2 Å². The third-order valence-corrected chi connectivity index (χ3v) is 4.12. The summed E-state index contributed by atoms with van der Waals surface area (Å²) in [6, 6.07) is 12.8. The third kappa shape index (κ3) is 3.06. The second-order valence-corrected chi connectivity index (χ2v) is 5.61. The molecule has 0 bridgehead atoms. The Morgan fingerprint density at radius 1 is 0.833 bits per heavy atom. The number of carbonyl (C=O) groups excluding carboxylic acids is 2. The molecule has 0 unspecified atom stereocenters. The number of benzene rings is 2. The van der Waals surface area contributed by atoms with Crippen LogP contribution in [0, 0.1) is 0 Å². The second kappa shape index (κ2) is 6.14. The average Bonchev–Trinajstić information content (AvgIpc) is 2.59. The summed E-state index contributed by atoms with van der Waals surface area (Å²) < 4.78 is 37.4. The van der Waals surface area contributed by atoms with Gasteiger partial charge in [0.1, 0.15) is 0 Å². The van der Waals surface area contributed by atoms with Crippen molar-refractivity contribution < 1.29 is 22.8 Å². The SMILES string of the molecule is O=C(c1cccc2ccccc12)N1CCN(C(=O)C(F)(F)F)CC1. The summed E-state index contributed by atoms with van der Waals surface area (Å²) in [6.07, 6.45) is -4.87. The molecular formula is C17H15F3N2O2. The molecule has 0 atom stereocenters. The van der Waals surface area contributed by atoms with E-state index in [4.69, 9.17) is 0 Å². The van der Waals surface area contributed by atoms with Gasteiger partial charge in [-0.2, -0.15) is 13.2 Å². The predicted molar refractivity (Wildman–Crippen MR) is 82.5 cm³/mol. The fraction of sp³-hybridized carbons (Fsp3) is 0.294. The Morgan fingerprint density at radius 2 is 1.42 bits per heavy atom. The highest BCUT2D eigenvalue weighted by Gasteiger charge is 2.43. The van der Waals surface area contributed by atoms with Crippen LogP contribution in [0.25, 0.3) is 10.8 Å². The van der Waals surface area contributed by atoms with Crippen molar-refractivity contribution in [3.63, 3.8) is 0 Å². The molecular weight excluding hydrogens is 321 g/mol. The van der Waals surface area contributed by atoms with E-state index in [1.165, 1.54) is 4.90 Å². The van der Waals surface area contributed by atoms with Gasteiger partial charge in [-0.1, -0.05) is 36.4 Å². The zero-order chi connectivity index (χ0) is 17.3. The molecule has 3 rings (SSSR count). The molecule has 0 aliphatic carbocycles. The lowest BCUT2D eigenvalue weighted by molar-refractivity contribution is -0.186. The Labute approximate surface area is 136 Å². The Balaban J connectivity index is 1.75. The molecule has 4 nitrogen and oxygen atoms in total. The van der Waals surface area contributed by atoms with E-state index < -0.39 is 12.1 Å². The highest BCUT2D eigenvalue weighted by molar-refractivity contribution is 6.07. The first-order chi connectivity index (χ1) is 11.4. The molecule has 2 aromatic carbocycles. The Hall–Kier alpha value is -2.57. The van der Waals surface area contributed by atoms with Crippen molar-refractivity contribution in [2.75, 3.05) is 26.2 Å². The van der Waals surface area contributed by atoms with Gasteiger partial charge in [-0.25, -0.2) is 0 Å². The van der Waals surface area contributed by atoms with E-state index in [9.17, 15) is 22.8 Å². The summed E-state index contributed by atoms with van der Waals surface area (Å²) in [5.41, 5.74) is 0.517. The summed E-state index contributed by atoms with van der Waals surface area (Å²) in [7, 11) is 0. The maximum absolute atomic E-state index is 12.7. The van der Waals surface area contributed by atoms with Gasteiger partial charge in [-0.05, 0) is 16.8 Å². The van der Waals surface area contributed by atoms with Gasteiger partial charge in [0.05, 0.1) is 0 Å². The summed E-state index contributed by atoms with van der Waals surface area (Å²) in [5, 5.41) is 1.73. The normalized spacial score (nSPS) is 15.6. The Morgan fingerprint density at radius 3 is 2.08 bits per heavy atom. The molecule has 0 aromatic heterocycles. The minimum absolute atomic E-state index is 0.0872. The first kappa shape index (κ1) is 16.3. The first-order valence-corrected chi connectivity index (χ1v) is 7.51. The number of halogens is 3. The van der Waals surface area contributed by atoms with E-state index in [1.807, 2.05) is 30.3 Å². The molecule has 0 N–H and O–H groups in total. The van der Waals surface area contributed by atoms with Gasteiger partial charge in [0.15, 0.2) is 0 Å². The van der Waals surface area contributed by atoms with Gasteiger partial charge in [0.25, 0.3) is 5.91 Å². The molecule has 0 saturated carbocycles. The van der Waals surface area contributed by atoms with Gasteiger partial charge in [0.2, 0.25) is 0 Å². The Bertz CT molecular complexity index is 775. The lowest BCUT2D eigenvalue weighted by Gasteiger charge is -2.35. The lowest BCUT2D eigenvalue weighted by atomic mass is 10.0. The summed E-state index contributed by atoms with van der Waals surface area (Å²) >= 11 is 0. The number of fused-ring (bicyclic) bond motifs is 1. The summed E-state index contributed by atoms with van der Waals surface area (Å²) in [4.78, 5) is 26.2. The molecule has 24 heavy (non-hydrogen) atoms. The quantitative estimate of drug-likeness (QED) is 0.803. The third-order valence-electron chi connectivity index (χ3n) is 4.12. The molecule has 0 spiro atoms. The maximum Gasteiger partial charge on any atom is 0.471 e. The van der Waals surface area contributed by atoms with Crippen LogP contribution in [0.15, 0.2) is 42.5 Å². The smallest absolute Gasteiger partial charge is 0.335 e. The standard InChI is InChI=1S/C17H15F3N2O2/c18-17(19,20)16(24)22-10-8-21(9-11-22)15(23)14-7-3-5-12-4-1-2-6-13(12)14/h1-7H,8-11H2. The van der Waals surface area contributed by atoms with Crippen LogP contribution in [0.1, 0.15) is 10.4 Å². The predicted octanol–water partition coefficient (Wildman–Crippen LogP) is 2.69. The number of hydrogen-bond acceptors (Lipinski definition) is 2. The van der Waals surface area contributed by atoms with Crippen LogP contribution < -0.4 is 0 Å². The van der Waals surface area contributed by atoms with Gasteiger partial charge in [-0.3, -0.25) is 9.59 Å². The van der Waals surface area contributed by atoms with Crippen LogP contribution in [0.5, 0.6) is 0 Å². The maximum atomic E-state index is 12.7. The number of rotatable bonds is 1. The molecule has 126 valence electrons. The molecule has 2 aromatic rings. The van der Waals surface area contributed by atoms with Crippen molar-refractivity contribution in [3.05, 3.63) is 48.0 Å². The summed E-state index contributed by atoms with van der Waals surface area (Å²) in [5.74, 6) is -2.08. The highest BCUT2D eigenvalue weighted by Crippen LogP contribution is 2.22. The molecule has 1 aliphatic heterocycles. The minimum atomic E-state index is -4.87. The van der Waals surface area contributed by atoms with Crippen LogP contribution in [-0.2, 0) is 4.79 Å². The zero-order valence-corrected chi connectivity index (χ0v) is 12.7. The fourth-order valence-corrected chi connectivity index (χ4v) is 2.87. The zero-order valence-electron chi connectivity index (χ0n) is 12.7. The van der Waals surface area contributed by atoms with E-state index in [-0.39, 0.29) is 32.1 Å². The van der Waals surface area contributed by atoms with E-state index in [0.29, 0.717) is 5.56 Å². The number of piperazine rings is 1. The summed E-state index contributed by atoms with van der Waals surface area (Å²) in [6.45, 7) is -0.0581. The molecule has 1 fully saturated rings. The van der Waals surface area contributed by atoms with E-state index in [2.05, 4.69) is 0 Å². The van der Waals surface area contributed by atoms with Gasteiger partial charge in [0, 0.05) is 31.7 Å². The van der Waals surface area contributed by atoms with Crippen molar-refractivity contribution in [2.24, 2.45) is 0 Å². The number of carbonyl (C=O) groups is 2. The van der Waals surface area contributed by atoms with Crippen molar-refractivity contribution in [1.29, 1.82) is 0 Å². The van der Waals surface area contributed by atoms with Gasteiger partial charge < -0.3 is 9.80 Å². The molecule has 0 radical (unpaired) electrons. The average molecular weight is 336 g/mol. The minimum Gasteiger partial charge on any atom is -0.335 e. The molecule has 7 heteroatoms. The highest BCUT2D eigenvalue weighted by atomic mass is 19.4. The van der Waals surface area contributed by atoms with Crippen molar-refractivity contribution in [3.8, 4) is 0 Å².